The van der Waals surface area contributed by atoms with Crippen molar-refractivity contribution in [3.05, 3.63) is 120 Å². The predicted octanol–water partition coefficient (Wildman–Crippen LogP) is 6.24. The molecule has 1 unspecified atom stereocenters. The first kappa shape index (κ1) is 17.9. The van der Waals surface area contributed by atoms with E-state index in [1.165, 1.54) is 60.8 Å². The van der Waals surface area contributed by atoms with Crippen molar-refractivity contribution in [2.45, 2.75) is 12.6 Å². The van der Waals surface area contributed by atoms with Crippen LogP contribution in [-0.4, -0.2) is 0 Å². The summed E-state index contributed by atoms with van der Waals surface area (Å²) in [7, 11) is 0. The summed E-state index contributed by atoms with van der Waals surface area (Å²) in [6.45, 7) is 2.16. The summed E-state index contributed by atoms with van der Waals surface area (Å²) >= 11 is 0. The molecule has 6 aromatic rings. The van der Waals surface area contributed by atoms with Crippen LogP contribution in [0, 0.1) is 6.92 Å². The zero-order chi connectivity index (χ0) is 22.9. The van der Waals surface area contributed by atoms with E-state index in [9.17, 15) is 0 Å². The van der Waals surface area contributed by atoms with Gasteiger partial charge in [-0.2, -0.15) is 0 Å². The Morgan fingerprint density at radius 3 is 2.43 bits per heavy atom. The van der Waals surface area contributed by atoms with Gasteiger partial charge in [-0.25, -0.2) is 0 Å². The van der Waals surface area contributed by atoms with Crippen LogP contribution in [0.3, 0.4) is 0 Å². The van der Waals surface area contributed by atoms with Crippen LogP contribution in [0.15, 0.2) is 103 Å². The maximum Gasteiger partial charge on any atom is 0.425 e. The van der Waals surface area contributed by atoms with Gasteiger partial charge in [-0.3, -0.25) is 0 Å². The number of fused-ring (bicyclic) bond motifs is 2. The topological polar surface area (TPSA) is 17.0 Å². The van der Waals surface area contributed by atoms with Crippen molar-refractivity contribution < 1.29 is 13.9 Å². The molecule has 3 nitrogen and oxygen atoms in total. The van der Waals surface area contributed by atoms with E-state index in [-0.39, 0.29) is 0 Å². The Morgan fingerprint density at radius 2 is 1.51 bits per heavy atom. The van der Waals surface area contributed by atoms with Crippen molar-refractivity contribution in [3.63, 3.8) is 0 Å². The van der Waals surface area contributed by atoms with Crippen LogP contribution in [0.1, 0.15) is 16.7 Å². The van der Waals surface area contributed by atoms with E-state index in [0.29, 0.717) is 0 Å². The van der Waals surface area contributed by atoms with E-state index in [1.54, 1.807) is 0 Å². The number of hydrogen-bond acceptors (Lipinski definition) is 1. The molecule has 162 valence electrons. The number of rotatable bonds is 1. The molecule has 4 aromatic carbocycles. The molecule has 0 N–H and O–H groups in total. The van der Waals surface area contributed by atoms with Gasteiger partial charge in [0.25, 0.3) is 0 Å². The lowest BCUT2D eigenvalue weighted by Crippen LogP contribution is -2.72. The second-order valence-corrected chi connectivity index (χ2v) is 9.91. The van der Waals surface area contributed by atoms with Crippen LogP contribution in [0.5, 0.6) is 11.5 Å². The molecule has 5 heterocycles. The van der Waals surface area contributed by atoms with E-state index in [4.69, 9.17) is 4.74 Å². The van der Waals surface area contributed by atoms with Gasteiger partial charge in [0, 0.05) is 23.6 Å². The number of pyridine rings is 2. The van der Waals surface area contributed by atoms with E-state index in [1.807, 2.05) is 0 Å². The second-order valence-electron chi connectivity index (χ2n) is 9.91. The summed E-state index contributed by atoms with van der Waals surface area (Å²) in [6.07, 6.45) is 4.53. The minimum Gasteiger partial charge on any atom is -0.456 e. The highest BCUT2D eigenvalue weighted by atomic mass is 16.5. The Labute approximate surface area is 202 Å². The third-order valence-electron chi connectivity index (χ3n) is 8.10. The highest BCUT2D eigenvalue weighted by Crippen LogP contribution is 2.57. The van der Waals surface area contributed by atoms with Crippen molar-refractivity contribution in [1.29, 1.82) is 0 Å². The zero-order valence-corrected chi connectivity index (χ0v) is 19.1. The minimum absolute atomic E-state index is 0.501. The van der Waals surface area contributed by atoms with Gasteiger partial charge >= 0.3 is 5.66 Å². The van der Waals surface area contributed by atoms with Crippen molar-refractivity contribution in [3.8, 4) is 33.9 Å². The Balaban J connectivity index is 1.51. The maximum absolute atomic E-state index is 6.68. The SMILES string of the molecule is Cc1cc2c3c(c1)-c1cc(-c4ccccc4)cc[n+]1C31c3c(ccc4ccc5ccc[n+]1c5c34)O2. The lowest BCUT2D eigenvalue weighted by molar-refractivity contribution is -0.950. The van der Waals surface area contributed by atoms with Crippen molar-refractivity contribution in [2.24, 2.45) is 0 Å². The highest BCUT2D eigenvalue weighted by molar-refractivity contribution is 6.09. The molecular formula is C32H20N2O+2. The molecule has 3 heteroatoms. The van der Waals surface area contributed by atoms with Crippen molar-refractivity contribution in [2.75, 3.05) is 0 Å². The normalized spacial score (nSPS) is 17.6. The van der Waals surface area contributed by atoms with Crippen molar-refractivity contribution in [1.82, 2.24) is 0 Å². The monoisotopic (exact) mass is 448 g/mol. The quantitative estimate of drug-likeness (QED) is 0.215. The number of nitrogens with zero attached hydrogens (tertiary/aromatic N) is 2. The lowest BCUT2D eigenvalue weighted by Gasteiger charge is -2.26. The van der Waals surface area contributed by atoms with Crippen LogP contribution >= 0.6 is 0 Å². The van der Waals surface area contributed by atoms with Gasteiger partial charge < -0.3 is 4.74 Å². The molecule has 0 aliphatic carbocycles. The predicted molar refractivity (Wildman–Crippen MR) is 136 cm³/mol. The van der Waals surface area contributed by atoms with Gasteiger partial charge in [0.1, 0.15) is 11.5 Å². The fourth-order valence-electron chi connectivity index (χ4n) is 6.84. The highest BCUT2D eigenvalue weighted by Gasteiger charge is 2.70. The molecule has 9 rings (SSSR count). The second kappa shape index (κ2) is 5.76. The van der Waals surface area contributed by atoms with Crippen LogP contribution < -0.4 is 13.9 Å². The summed E-state index contributed by atoms with van der Waals surface area (Å²) in [6, 6.07) is 33.0. The van der Waals surface area contributed by atoms with Crippen LogP contribution in [0.4, 0.5) is 0 Å². The number of aromatic nitrogens is 2. The fraction of sp³-hybridized carbons (Fsp3) is 0.0625. The molecule has 3 aliphatic rings. The fourth-order valence-corrected chi connectivity index (χ4v) is 6.84. The smallest absolute Gasteiger partial charge is 0.425 e. The molecule has 0 amide bonds. The molecule has 0 bridgehead atoms. The summed E-state index contributed by atoms with van der Waals surface area (Å²) < 4.78 is 11.6. The molecule has 2 aromatic heterocycles. The Kier molecular flexibility index (Phi) is 2.95. The first-order valence-electron chi connectivity index (χ1n) is 12.1. The van der Waals surface area contributed by atoms with Crippen LogP contribution in [-0.2, 0) is 5.66 Å². The maximum atomic E-state index is 6.68. The molecule has 0 saturated carbocycles. The average molecular weight is 449 g/mol. The average Bonchev–Trinajstić information content (AvgIpc) is 3.37. The number of ether oxygens (including phenoxy) is 1. The summed E-state index contributed by atoms with van der Waals surface area (Å²) in [5.74, 6) is 1.90. The summed E-state index contributed by atoms with van der Waals surface area (Å²) in [4.78, 5) is 0. The van der Waals surface area contributed by atoms with Crippen LogP contribution in [0.25, 0.3) is 44.1 Å². The molecule has 0 fully saturated rings. The third-order valence-corrected chi connectivity index (χ3v) is 8.10. The molecule has 1 atom stereocenters. The molecule has 35 heavy (non-hydrogen) atoms. The zero-order valence-electron chi connectivity index (χ0n) is 19.1. The van der Waals surface area contributed by atoms with Gasteiger partial charge in [0.15, 0.2) is 23.5 Å². The first-order valence-corrected chi connectivity index (χ1v) is 12.1. The Bertz CT molecular complexity index is 1940. The third kappa shape index (κ3) is 1.90. The van der Waals surface area contributed by atoms with E-state index < -0.39 is 5.66 Å². The molecule has 0 saturated heterocycles. The largest absolute Gasteiger partial charge is 0.456 e. The van der Waals surface area contributed by atoms with Crippen LogP contribution in [0.2, 0.25) is 0 Å². The van der Waals surface area contributed by atoms with Crippen molar-refractivity contribution >= 4 is 21.7 Å². The van der Waals surface area contributed by atoms with Gasteiger partial charge in [-0.15, -0.1) is 9.13 Å². The standard InChI is InChI=1S/C32H20N2O/c1-19-16-24-25-18-23(20-6-3-2-4-7-20)13-15-33(25)32-29(24)27(17-19)35-26-12-11-21-9-10-22-8-5-14-34(32)31(22)28(21)30(26)32/h2-18H,1H3/q+2. The molecule has 0 radical (unpaired) electrons. The van der Waals surface area contributed by atoms with E-state index >= 15 is 0 Å². The minimum atomic E-state index is -0.501. The first-order chi connectivity index (χ1) is 17.2. The lowest BCUT2D eigenvalue weighted by atomic mass is 9.85. The van der Waals surface area contributed by atoms with E-state index in [2.05, 4.69) is 119 Å². The Hall–Kier alpha value is -4.50. The summed E-state index contributed by atoms with van der Waals surface area (Å²) in [5, 5.41) is 3.80. The summed E-state index contributed by atoms with van der Waals surface area (Å²) in [5.41, 5.74) is 9.38. The molecule has 3 aliphatic heterocycles. The molecular weight excluding hydrogens is 428 g/mol. The number of benzene rings is 4. The molecule has 1 spiro atoms. The van der Waals surface area contributed by atoms with Gasteiger partial charge in [0.05, 0.1) is 10.9 Å². The van der Waals surface area contributed by atoms with E-state index in [0.717, 1.165) is 11.5 Å². The Morgan fingerprint density at radius 1 is 0.657 bits per heavy atom. The van der Waals surface area contributed by atoms with Gasteiger partial charge in [0.2, 0.25) is 11.2 Å². The number of hydrogen-bond donors (Lipinski definition) is 0. The van der Waals surface area contributed by atoms with Gasteiger partial charge in [-0.1, -0.05) is 42.5 Å². The van der Waals surface area contributed by atoms with Gasteiger partial charge in [-0.05, 0) is 59.3 Å². The number of aryl methyl sites for hydroxylation is 1.